The summed E-state index contributed by atoms with van der Waals surface area (Å²) in [5, 5.41) is 12.5. The van der Waals surface area contributed by atoms with Crippen molar-refractivity contribution in [3.8, 4) is 0 Å². The van der Waals surface area contributed by atoms with E-state index in [4.69, 9.17) is 4.74 Å². The van der Waals surface area contributed by atoms with Gasteiger partial charge in [-0.2, -0.15) is 0 Å². The lowest BCUT2D eigenvalue weighted by Gasteiger charge is -2.29. The highest BCUT2D eigenvalue weighted by molar-refractivity contribution is 5.81. The Balaban J connectivity index is 1.95. The molecule has 1 amide bonds. The molecule has 2 atom stereocenters. The van der Waals surface area contributed by atoms with Gasteiger partial charge in [-0.05, 0) is 25.7 Å². The molecule has 0 radical (unpaired) electrons. The van der Waals surface area contributed by atoms with Crippen molar-refractivity contribution in [3.63, 3.8) is 0 Å². The molecular formula is C16H27NO4. The van der Waals surface area contributed by atoms with Crippen LogP contribution in [0.1, 0.15) is 58.3 Å². The number of amides is 1. The number of carbonyl (C=O) groups excluding carboxylic acids is 1. The Hall–Kier alpha value is -1.10. The van der Waals surface area contributed by atoms with Crippen LogP contribution in [0.3, 0.4) is 0 Å². The van der Waals surface area contributed by atoms with Crippen LogP contribution in [-0.2, 0) is 14.3 Å². The van der Waals surface area contributed by atoms with Crippen LogP contribution in [0.2, 0.25) is 0 Å². The lowest BCUT2D eigenvalue weighted by Crippen LogP contribution is -2.45. The van der Waals surface area contributed by atoms with E-state index in [2.05, 4.69) is 5.32 Å². The Bertz CT molecular complexity index is 374. The van der Waals surface area contributed by atoms with E-state index in [9.17, 15) is 14.7 Å². The fourth-order valence-electron chi connectivity index (χ4n) is 3.61. The number of carbonyl (C=O) groups is 2. The topological polar surface area (TPSA) is 75.6 Å². The zero-order valence-electron chi connectivity index (χ0n) is 12.9. The first-order chi connectivity index (χ1) is 10.1. The van der Waals surface area contributed by atoms with Crippen molar-refractivity contribution in [2.75, 3.05) is 13.2 Å². The van der Waals surface area contributed by atoms with Gasteiger partial charge in [0.25, 0.3) is 0 Å². The average Bonchev–Trinajstić information content (AvgIpc) is 2.82. The predicted octanol–water partition coefficient (Wildman–Crippen LogP) is 2.34. The Kier molecular flexibility index (Phi) is 5.62. The SMILES string of the molecule is CCC1OCCC1C(=O)NCC1(C(=O)O)CCCCCC1. The van der Waals surface area contributed by atoms with Crippen molar-refractivity contribution in [1.82, 2.24) is 5.32 Å². The maximum absolute atomic E-state index is 12.3. The summed E-state index contributed by atoms with van der Waals surface area (Å²) in [4.78, 5) is 24.0. The maximum Gasteiger partial charge on any atom is 0.311 e. The molecule has 2 aliphatic rings. The maximum atomic E-state index is 12.3. The molecule has 1 aliphatic carbocycles. The summed E-state index contributed by atoms with van der Waals surface area (Å²) < 4.78 is 5.54. The second-order valence-corrected chi connectivity index (χ2v) is 6.43. The molecule has 120 valence electrons. The quantitative estimate of drug-likeness (QED) is 0.764. The van der Waals surface area contributed by atoms with Crippen molar-refractivity contribution >= 4 is 11.9 Å². The molecule has 0 aromatic heterocycles. The summed E-state index contributed by atoms with van der Waals surface area (Å²) in [6.45, 7) is 2.90. The molecule has 0 bridgehead atoms. The van der Waals surface area contributed by atoms with Gasteiger partial charge in [-0.15, -0.1) is 0 Å². The number of ether oxygens (including phenoxy) is 1. The van der Waals surface area contributed by atoms with Gasteiger partial charge in [-0.1, -0.05) is 32.6 Å². The number of aliphatic carboxylic acids is 1. The molecule has 1 aliphatic heterocycles. The number of hydrogen-bond acceptors (Lipinski definition) is 3. The number of rotatable bonds is 5. The van der Waals surface area contributed by atoms with Crippen LogP contribution in [-0.4, -0.2) is 36.2 Å². The highest BCUT2D eigenvalue weighted by Gasteiger charge is 2.40. The molecular weight excluding hydrogens is 270 g/mol. The van der Waals surface area contributed by atoms with E-state index in [0.717, 1.165) is 38.5 Å². The summed E-state index contributed by atoms with van der Waals surface area (Å²) in [5.74, 6) is -0.921. The van der Waals surface area contributed by atoms with E-state index in [-0.39, 0.29) is 24.5 Å². The van der Waals surface area contributed by atoms with Gasteiger partial charge >= 0.3 is 5.97 Å². The minimum Gasteiger partial charge on any atom is -0.481 e. The average molecular weight is 297 g/mol. The third-order valence-corrected chi connectivity index (χ3v) is 5.06. The summed E-state index contributed by atoms with van der Waals surface area (Å²) in [6, 6.07) is 0. The molecule has 5 nitrogen and oxygen atoms in total. The first-order valence-corrected chi connectivity index (χ1v) is 8.22. The van der Waals surface area contributed by atoms with E-state index in [1.807, 2.05) is 6.92 Å². The Labute approximate surface area is 126 Å². The van der Waals surface area contributed by atoms with Gasteiger partial charge < -0.3 is 15.2 Å². The van der Waals surface area contributed by atoms with Crippen molar-refractivity contribution in [2.45, 2.75) is 64.4 Å². The van der Waals surface area contributed by atoms with Gasteiger partial charge in [0, 0.05) is 13.2 Å². The van der Waals surface area contributed by atoms with Gasteiger partial charge in [0.15, 0.2) is 0 Å². The molecule has 21 heavy (non-hydrogen) atoms. The van der Waals surface area contributed by atoms with Crippen LogP contribution in [0.15, 0.2) is 0 Å². The van der Waals surface area contributed by atoms with Crippen LogP contribution in [0, 0.1) is 11.3 Å². The minimum atomic E-state index is -0.771. The second-order valence-electron chi connectivity index (χ2n) is 6.43. The third-order valence-electron chi connectivity index (χ3n) is 5.06. The van der Waals surface area contributed by atoms with E-state index in [0.29, 0.717) is 19.4 Å². The number of carboxylic acid groups (broad SMARTS) is 1. The van der Waals surface area contributed by atoms with Crippen molar-refractivity contribution in [2.24, 2.45) is 11.3 Å². The highest BCUT2D eigenvalue weighted by atomic mass is 16.5. The molecule has 0 aromatic carbocycles. The van der Waals surface area contributed by atoms with E-state index >= 15 is 0 Å². The predicted molar refractivity (Wildman–Crippen MR) is 78.9 cm³/mol. The fourth-order valence-corrected chi connectivity index (χ4v) is 3.61. The van der Waals surface area contributed by atoms with E-state index < -0.39 is 11.4 Å². The number of hydrogen-bond donors (Lipinski definition) is 2. The van der Waals surface area contributed by atoms with Crippen molar-refractivity contribution in [1.29, 1.82) is 0 Å². The van der Waals surface area contributed by atoms with Crippen LogP contribution in [0.25, 0.3) is 0 Å². The lowest BCUT2D eigenvalue weighted by atomic mass is 9.80. The van der Waals surface area contributed by atoms with E-state index in [1.165, 1.54) is 0 Å². The Morgan fingerprint density at radius 2 is 1.90 bits per heavy atom. The molecule has 2 fully saturated rings. The third kappa shape index (κ3) is 3.76. The van der Waals surface area contributed by atoms with Gasteiger partial charge in [0.2, 0.25) is 5.91 Å². The first kappa shape index (κ1) is 16.3. The van der Waals surface area contributed by atoms with Crippen molar-refractivity contribution in [3.05, 3.63) is 0 Å². The number of carboxylic acids is 1. The molecule has 0 spiro atoms. The molecule has 2 rings (SSSR count). The second kappa shape index (κ2) is 7.25. The summed E-state index contributed by atoms with van der Waals surface area (Å²) >= 11 is 0. The summed E-state index contributed by atoms with van der Waals surface area (Å²) in [6.07, 6.45) is 6.95. The monoisotopic (exact) mass is 297 g/mol. The molecule has 2 unspecified atom stereocenters. The van der Waals surface area contributed by atoms with Gasteiger partial charge in [-0.3, -0.25) is 9.59 Å². The smallest absolute Gasteiger partial charge is 0.311 e. The summed E-state index contributed by atoms with van der Waals surface area (Å²) in [7, 11) is 0. The molecule has 1 heterocycles. The zero-order valence-corrected chi connectivity index (χ0v) is 12.9. The molecule has 0 aromatic rings. The van der Waals surface area contributed by atoms with Crippen LogP contribution in [0.5, 0.6) is 0 Å². The Morgan fingerprint density at radius 3 is 2.48 bits per heavy atom. The van der Waals surface area contributed by atoms with Gasteiger partial charge in [0.05, 0.1) is 17.4 Å². The van der Waals surface area contributed by atoms with Crippen LogP contribution >= 0.6 is 0 Å². The fraction of sp³-hybridized carbons (Fsp3) is 0.875. The first-order valence-electron chi connectivity index (χ1n) is 8.22. The highest BCUT2D eigenvalue weighted by Crippen LogP contribution is 2.35. The normalized spacial score (nSPS) is 28.8. The molecule has 1 saturated heterocycles. The van der Waals surface area contributed by atoms with Crippen LogP contribution in [0.4, 0.5) is 0 Å². The molecule has 5 heteroatoms. The van der Waals surface area contributed by atoms with Gasteiger partial charge in [-0.25, -0.2) is 0 Å². The molecule has 1 saturated carbocycles. The van der Waals surface area contributed by atoms with Gasteiger partial charge in [0.1, 0.15) is 0 Å². The lowest BCUT2D eigenvalue weighted by molar-refractivity contribution is -0.150. The zero-order chi connectivity index (χ0) is 15.3. The standard InChI is InChI=1S/C16H27NO4/c1-2-13-12(7-10-21-13)14(18)17-11-16(15(19)20)8-5-3-4-6-9-16/h12-13H,2-11H2,1H3,(H,17,18)(H,19,20). The minimum absolute atomic E-state index is 0.0140. The van der Waals surface area contributed by atoms with E-state index in [1.54, 1.807) is 0 Å². The Morgan fingerprint density at radius 1 is 1.24 bits per heavy atom. The molecule has 2 N–H and O–H groups in total. The van der Waals surface area contributed by atoms with Crippen LogP contribution < -0.4 is 5.32 Å². The number of nitrogens with one attached hydrogen (secondary N) is 1. The largest absolute Gasteiger partial charge is 0.481 e. The summed E-state index contributed by atoms with van der Waals surface area (Å²) in [5.41, 5.74) is -0.771. The van der Waals surface area contributed by atoms with Crippen molar-refractivity contribution < 1.29 is 19.4 Å².